The summed E-state index contributed by atoms with van der Waals surface area (Å²) in [4.78, 5) is 10.9. The molecule has 0 fully saturated rings. The highest BCUT2D eigenvalue weighted by atomic mass is 16.4. The molecule has 1 unspecified atom stereocenters. The van der Waals surface area contributed by atoms with E-state index >= 15 is 0 Å². The fourth-order valence-corrected chi connectivity index (χ4v) is 1.51. The van der Waals surface area contributed by atoms with Crippen LogP contribution in [0.2, 0.25) is 0 Å². The molecule has 0 spiro atoms. The number of carboxylic acid groups (broad SMARTS) is 1. The normalized spacial score (nSPS) is 11.2. The number of rotatable bonds is 3. The van der Waals surface area contributed by atoms with Gasteiger partial charge in [-0.15, -0.1) is 0 Å². The quantitative estimate of drug-likeness (QED) is 0.824. The third-order valence-corrected chi connectivity index (χ3v) is 2.27. The summed E-state index contributed by atoms with van der Waals surface area (Å²) >= 11 is 0. The summed E-state index contributed by atoms with van der Waals surface area (Å²) < 4.78 is 0. The van der Waals surface area contributed by atoms with E-state index in [1.54, 1.807) is 0 Å². The SMILES string of the molecule is CC.CCC(C(=O)O)c1ccccc1C. The van der Waals surface area contributed by atoms with Crippen molar-refractivity contribution >= 4 is 5.97 Å². The maximum Gasteiger partial charge on any atom is 0.310 e. The molecule has 2 heteroatoms. The molecule has 15 heavy (non-hydrogen) atoms. The Labute approximate surface area is 91.9 Å². The van der Waals surface area contributed by atoms with Crippen LogP contribution >= 0.6 is 0 Å². The summed E-state index contributed by atoms with van der Waals surface area (Å²) in [5, 5.41) is 8.95. The predicted molar refractivity (Wildman–Crippen MR) is 63.2 cm³/mol. The van der Waals surface area contributed by atoms with Gasteiger partial charge >= 0.3 is 5.97 Å². The van der Waals surface area contributed by atoms with Crippen molar-refractivity contribution in [3.05, 3.63) is 35.4 Å². The molecule has 1 atom stereocenters. The molecule has 1 N–H and O–H groups in total. The third kappa shape index (κ3) is 3.74. The molecule has 1 aromatic rings. The van der Waals surface area contributed by atoms with E-state index in [0.29, 0.717) is 6.42 Å². The fraction of sp³-hybridized carbons (Fsp3) is 0.462. The molecule has 0 bridgehead atoms. The largest absolute Gasteiger partial charge is 0.481 e. The average molecular weight is 208 g/mol. The van der Waals surface area contributed by atoms with Crippen LogP contribution < -0.4 is 0 Å². The number of carbonyl (C=O) groups is 1. The van der Waals surface area contributed by atoms with Gasteiger partial charge in [0.1, 0.15) is 0 Å². The summed E-state index contributed by atoms with van der Waals surface area (Å²) in [6.07, 6.45) is 0.639. The van der Waals surface area contributed by atoms with Gasteiger partial charge in [0.25, 0.3) is 0 Å². The standard InChI is InChI=1S/C11H14O2.C2H6/c1-3-9(11(12)13)10-7-5-4-6-8(10)2;1-2/h4-7,9H,3H2,1-2H3,(H,12,13);1-2H3. The van der Waals surface area contributed by atoms with Crippen LogP contribution in [0, 0.1) is 6.92 Å². The van der Waals surface area contributed by atoms with E-state index in [-0.39, 0.29) is 5.92 Å². The zero-order valence-electron chi connectivity index (χ0n) is 9.95. The van der Waals surface area contributed by atoms with Crippen molar-refractivity contribution in [2.75, 3.05) is 0 Å². The van der Waals surface area contributed by atoms with Gasteiger partial charge < -0.3 is 5.11 Å². The first-order chi connectivity index (χ1) is 7.16. The molecule has 0 heterocycles. The highest BCUT2D eigenvalue weighted by Gasteiger charge is 2.18. The lowest BCUT2D eigenvalue weighted by Crippen LogP contribution is -2.11. The Hall–Kier alpha value is -1.31. The summed E-state index contributed by atoms with van der Waals surface area (Å²) in [5.41, 5.74) is 1.98. The zero-order valence-corrected chi connectivity index (χ0v) is 9.95. The lowest BCUT2D eigenvalue weighted by molar-refractivity contribution is -0.138. The van der Waals surface area contributed by atoms with Crippen LogP contribution in [0.3, 0.4) is 0 Å². The van der Waals surface area contributed by atoms with Gasteiger partial charge in [0.05, 0.1) is 5.92 Å². The van der Waals surface area contributed by atoms with Crippen LogP contribution in [0.1, 0.15) is 44.2 Å². The van der Waals surface area contributed by atoms with E-state index in [4.69, 9.17) is 5.11 Å². The minimum atomic E-state index is -0.739. The number of aryl methyl sites for hydroxylation is 1. The number of hydrogen-bond donors (Lipinski definition) is 1. The van der Waals surface area contributed by atoms with Crippen molar-refractivity contribution in [2.45, 2.75) is 40.0 Å². The van der Waals surface area contributed by atoms with Crippen molar-refractivity contribution in [1.29, 1.82) is 0 Å². The molecular weight excluding hydrogens is 188 g/mol. The number of benzene rings is 1. The van der Waals surface area contributed by atoms with E-state index in [2.05, 4.69) is 0 Å². The Balaban J connectivity index is 0.000000921. The van der Waals surface area contributed by atoms with Crippen molar-refractivity contribution in [1.82, 2.24) is 0 Å². The lowest BCUT2D eigenvalue weighted by Gasteiger charge is -2.12. The molecule has 84 valence electrons. The average Bonchev–Trinajstić information content (AvgIpc) is 2.24. The van der Waals surface area contributed by atoms with Crippen LogP contribution in [-0.2, 0) is 4.79 Å². The lowest BCUT2D eigenvalue weighted by atomic mass is 9.93. The van der Waals surface area contributed by atoms with Gasteiger partial charge in [-0.2, -0.15) is 0 Å². The smallest absolute Gasteiger partial charge is 0.310 e. The summed E-state index contributed by atoms with van der Waals surface area (Å²) in [6.45, 7) is 7.84. The van der Waals surface area contributed by atoms with Crippen LogP contribution in [0.4, 0.5) is 0 Å². The maximum atomic E-state index is 10.9. The fourth-order valence-electron chi connectivity index (χ4n) is 1.51. The second-order valence-electron chi connectivity index (χ2n) is 3.16. The van der Waals surface area contributed by atoms with Gasteiger partial charge in [0.2, 0.25) is 0 Å². The van der Waals surface area contributed by atoms with E-state index in [0.717, 1.165) is 11.1 Å². The third-order valence-electron chi connectivity index (χ3n) is 2.27. The first-order valence-electron chi connectivity index (χ1n) is 5.45. The van der Waals surface area contributed by atoms with Gasteiger partial charge in [0.15, 0.2) is 0 Å². The molecule has 0 amide bonds. The number of carboxylic acids is 1. The van der Waals surface area contributed by atoms with Crippen molar-refractivity contribution in [3.63, 3.8) is 0 Å². The van der Waals surface area contributed by atoms with Crippen LogP contribution in [0.5, 0.6) is 0 Å². The molecule has 0 saturated carbocycles. The van der Waals surface area contributed by atoms with Crippen LogP contribution in [-0.4, -0.2) is 11.1 Å². The van der Waals surface area contributed by atoms with Crippen LogP contribution in [0.25, 0.3) is 0 Å². The summed E-state index contributed by atoms with van der Waals surface area (Å²) in [6, 6.07) is 7.64. The Morgan fingerprint density at radius 3 is 2.27 bits per heavy atom. The van der Waals surface area contributed by atoms with Crippen LogP contribution in [0.15, 0.2) is 24.3 Å². The summed E-state index contributed by atoms with van der Waals surface area (Å²) in [5.74, 6) is -1.10. The van der Waals surface area contributed by atoms with Gasteiger partial charge in [-0.3, -0.25) is 4.79 Å². The van der Waals surface area contributed by atoms with E-state index in [9.17, 15) is 4.79 Å². The number of aliphatic carboxylic acids is 1. The minimum Gasteiger partial charge on any atom is -0.481 e. The van der Waals surface area contributed by atoms with Crippen molar-refractivity contribution < 1.29 is 9.90 Å². The molecule has 0 aliphatic heterocycles. The number of hydrogen-bond acceptors (Lipinski definition) is 1. The first-order valence-corrected chi connectivity index (χ1v) is 5.45. The topological polar surface area (TPSA) is 37.3 Å². The summed E-state index contributed by atoms with van der Waals surface area (Å²) in [7, 11) is 0. The molecule has 2 nitrogen and oxygen atoms in total. The molecule has 1 rings (SSSR count). The Morgan fingerprint density at radius 2 is 1.87 bits per heavy atom. The molecule has 0 aliphatic rings. The molecule has 0 radical (unpaired) electrons. The monoisotopic (exact) mass is 208 g/mol. The van der Waals surface area contributed by atoms with Crippen molar-refractivity contribution in [3.8, 4) is 0 Å². The minimum absolute atomic E-state index is 0.360. The predicted octanol–water partition coefficient (Wildman–Crippen LogP) is 3.60. The highest BCUT2D eigenvalue weighted by Crippen LogP contribution is 2.22. The van der Waals surface area contributed by atoms with E-state index in [1.165, 1.54) is 0 Å². The second-order valence-corrected chi connectivity index (χ2v) is 3.16. The Bertz CT molecular complexity index is 305. The second kappa shape index (κ2) is 7.04. The van der Waals surface area contributed by atoms with Gasteiger partial charge in [-0.05, 0) is 24.5 Å². The molecule has 1 aromatic carbocycles. The first kappa shape index (κ1) is 13.7. The van der Waals surface area contributed by atoms with Gasteiger partial charge in [0, 0.05) is 0 Å². The van der Waals surface area contributed by atoms with E-state index in [1.807, 2.05) is 52.0 Å². The zero-order chi connectivity index (χ0) is 11.8. The van der Waals surface area contributed by atoms with Gasteiger partial charge in [-0.1, -0.05) is 45.0 Å². The van der Waals surface area contributed by atoms with Gasteiger partial charge in [-0.25, -0.2) is 0 Å². The molecular formula is C13H20O2. The Kier molecular flexibility index (Phi) is 6.43. The van der Waals surface area contributed by atoms with Crippen molar-refractivity contribution in [2.24, 2.45) is 0 Å². The Morgan fingerprint density at radius 1 is 1.33 bits per heavy atom. The van der Waals surface area contributed by atoms with E-state index < -0.39 is 5.97 Å². The molecule has 0 aliphatic carbocycles. The highest BCUT2D eigenvalue weighted by molar-refractivity contribution is 5.76. The molecule has 0 aromatic heterocycles. The maximum absolute atomic E-state index is 10.9. The molecule has 0 saturated heterocycles.